The molecular weight excluding hydrogens is 225 g/mol. The van der Waals surface area contributed by atoms with E-state index in [-0.39, 0.29) is 17.4 Å². The summed E-state index contributed by atoms with van der Waals surface area (Å²) in [5, 5.41) is 13.8. The maximum atomic E-state index is 8.28. The third-order valence-corrected chi connectivity index (χ3v) is 1.72. The topological polar surface area (TPSA) is 40.5 Å². The molecule has 0 aromatic rings. The molecule has 0 aliphatic heterocycles. The van der Waals surface area contributed by atoms with Gasteiger partial charge in [-0.15, -0.1) is 0 Å². The van der Waals surface area contributed by atoms with Gasteiger partial charge in [0, 0.05) is 0 Å². The van der Waals surface area contributed by atoms with E-state index in [0.717, 1.165) is 0 Å². The van der Waals surface area contributed by atoms with Crippen LogP contribution in [-0.2, 0) is 0 Å². The van der Waals surface area contributed by atoms with E-state index in [1.807, 2.05) is 0 Å². The van der Waals surface area contributed by atoms with Crippen molar-refractivity contribution in [2.24, 2.45) is 0 Å². The molecule has 0 bridgehead atoms. The van der Waals surface area contributed by atoms with Crippen molar-refractivity contribution in [2.75, 3.05) is 0 Å². The normalized spacial score (nSPS) is 12.7. The predicted octanol–water partition coefficient (Wildman–Crippen LogP) is 0.0499. The van der Waals surface area contributed by atoms with Gasteiger partial charge in [-0.3, -0.25) is 0 Å². The molecule has 0 spiro atoms. The molecule has 0 unspecified atom stereocenters. The van der Waals surface area contributed by atoms with Crippen LogP contribution in [0, 0.1) is 0 Å². The molecule has 0 aliphatic rings. The lowest BCUT2D eigenvalue weighted by Crippen LogP contribution is -2.36. The zero-order chi connectivity index (χ0) is 7.00. The highest BCUT2D eigenvalue weighted by molar-refractivity contribution is 6.70. The van der Waals surface area contributed by atoms with Gasteiger partial charge in [-0.1, -0.05) is 46.4 Å². The second-order valence-corrected chi connectivity index (χ2v) is 3.89. The first kappa shape index (κ1) is 13.2. The van der Waals surface area contributed by atoms with Crippen molar-refractivity contribution in [3.63, 3.8) is 0 Å². The zero-order valence-electron chi connectivity index (χ0n) is 3.41. The Morgan fingerprint density at radius 2 is 1.00 bits per heavy atom. The van der Waals surface area contributed by atoms with Crippen LogP contribution in [0.15, 0.2) is 0 Å². The van der Waals surface area contributed by atoms with E-state index in [9.17, 15) is 0 Å². The molecular formula is C2H5AlCl4O2. The standard InChI is InChI=1S/C2H2Cl4O2.Al.3H/c3-1(4,5)2(6,7)8;;;;/h7-8H;;;;. The average Bonchev–Trinajstić information content (AvgIpc) is 1.25. The summed E-state index contributed by atoms with van der Waals surface area (Å²) in [7, 11) is 0. The third kappa shape index (κ3) is 4.95. The van der Waals surface area contributed by atoms with Gasteiger partial charge in [-0.05, 0) is 0 Å². The van der Waals surface area contributed by atoms with E-state index in [1.54, 1.807) is 0 Å². The maximum Gasteiger partial charge on any atom is 0.292 e. The Kier molecular flexibility index (Phi) is 5.65. The largest absolute Gasteiger partial charge is 0.350 e. The molecule has 0 aromatic carbocycles. The van der Waals surface area contributed by atoms with Crippen LogP contribution in [0.5, 0.6) is 0 Å². The molecule has 0 aliphatic carbocycles. The van der Waals surface area contributed by atoms with Crippen molar-refractivity contribution in [2.45, 2.75) is 9.04 Å². The monoisotopic (exact) mass is 228 g/mol. The molecule has 0 aromatic heterocycles. The van der Waals surface area contributed by atoms with Crippen LogP contribution in [0.3, 0.4) is 0 Å². The molecule has 0 amide bonds. The molecule has 0 rings (SSSR count). The number of hydrogen-bond acceptors (Lipinski definition) is 2. The number of hydrogen-bond donors (Lipinski definition) is 2. The first-order chi connectivity index (χ1) is 3.25. The highest BCUT2D eigenvalue weighted by atomic mass is 35.6. The molecule has 9 heavy (non-hydrogen) atoms. The lowest BCUT2D eigenvalue weighted by Gasteiger charge is -2.20. The van der Waals surface area contributed by atoms with Crippen LogP contribution in [0.25, 0.3) is 0 Å². The SMILES string of the molecule is OC(O)(Cl)C(Cl)(Cl)Cl.[AlH3]. The number of halogens is 4. The van der Waals surface area contributed by atoms with Crippen molar-refractivity contribution in [3.05, 3.63) is 0 Å². The maximum absolute atomic E-state index is 8.28. The quantitative estimate of drug-likeness (QED) is 0.350. The van der Waals surface area contributed by atoms with E-state index in [1.165, 1.54) is 0 Å². The summed E-state index contributed by atoms with van der Waals surface area (Å²) >= 11 is 19.4. The Bertz CT molecular complexity index is 71.5. The van der Waals surface area contributed by atoms with Crippen LogP contribution in [-0.4, -0.2) is 36.6 Å². The summed E-state index contributed by atoms with van der Waals surface area (Å²) in [6.45, 7) is 0. The Balaban J connectivity index is 0. The first-order valence-corrected chi connectivity index (χ1v) is 2.97. The van der Waals surface area contributed by atoms with Gasteiger partial charge in [0.2, 0.25) is 0 Å². The molecule has 0 radical (unpaired) electrons. The number of aliphatic hydroxyl groups is 2. The minimum atomic E-state index is -2.79. The van der Waals surface area contributed by atoms with Crippen LogP contribution >= 0.6 is 46.4 Å². The van der Waals surface area contributed by atoms with Crippen LogP contribution < -0.4 is 0 Å². The number of rotatable bonds is 0. The Labute approximate surface area is 82.8 Å². The van der Waals surface area contributed by atoms with Gasteiger partial charge >= 0.3 is 0 Å². The minimum Gasteiger partial charge on any atom is -0.350 e. The van der Waals surface area contributed by atoms with Gasteiger partial charge in [0.25, 0.3) is 9.04 Å². The summed E-state index contributed by atoms with van der Waals surface area (Å²) < 4.78 is -2.27. The molecule has 2 nitrogen and oxygen atoms in total. The van der Waals surface area contributed by atoms with Crippen LogP contribution in [0.2, 0.25) is 0 Å². The molecule has 7 heteroatoms. The second-order valence-electron chi connectivity index (χ2n) is 1.08. The van der Waals surface area contributed by atoms with Crippen LogP contribution in [0.1, 0.15) is 0 Å². The Morgan fingerprint density at radius 1 is 0.889 bits per heavy atom. The fourth-order valence-corrected chi connectivity index (χ4v) is 0. The fraction of sp³-hybridized carbons (Fsp3) is 1.00. The summed E-state index contributed by atoms with van der Waals surface area (Å²) in [5.41, 5.74) is 0. The highest BCUT2D eigenvalue weighted by Gasteiger charge is 2.44. The molecule has 2 N–H and O–H groups in total. The summed E-state index contributed by atoms with van der Waals surface area (Å²) in [6.07, 6.45) is 0. The fourth-order valence-electron chi connectivity index (χ4n) is 0. The first-order valence-electron chi connectivity index (χ1n) is 1.45. The van der Waals surface area contributed by atoms with Gasteiger partial charge in [-0.2, -0.15) is 0 Å². The van der Waals surface area contributed by atoms with Gasteiger partial charge in [0.15, 0.2) is 17.4 Å². The van der Waals surface area contributed by atoms with Crippen molar-refractivity contribution < 1.29 is 10.2 Å². The Morgan fingerprint density at radius 3 is 1.00 bits per heavy atom. The van der Waals surface area contributed by atoms with Gasteiger partial charge in [0.05, 0.1) is 0 Å². The van der Waals surface area contributed by atoms with E-state index in [2.05, 4.69) is 0 Å². The van der Waals surface area contributed by atoms with Crippen molar-refractivity contribution >= 4 is 63.8 Å². The molecule has 56 valence electrons. The molecule has 0 saturated heterocycles. The summed E-state index contributed by atoms with van der Waals surface area (Å²) in [4.78, 5) is 0. The number of alkyl halides is 4. The van der Waals surface area contributed by atoms with E-state index < -0.39 is 9.04 Å². The molecule has 0 atom stereocenters. The minimum absolute atomic E-state index is 0. The summed E-state index contributed by atoms with van der Waals surface area (Å²) in [5.74, 6) is 0. The van der Waals surface area contributed by atoms with Gasteiger partial charge in [0.1, 0.15) is 0 Å². The third-order valence-electron chi connectivity index (χ3n) is 0.361. The van der Waals surface area contributed by atoms with Crippen molar-refractivity contribution in [1.29, 1.82) is 0 Å². The predicted molar refractivity (Wildman–Crippen MR) is 43.3 cm³/mol. The lowest BCUT2D eigenvalue weighted by atomic mass is 10.7. The lowest BCUT2D eigenvalue weighted by molar-refractivity contribution is -0.0799. The van der Waals surface area contributed by atoms with Crippen molar-refractivity contribution in [3.8, 4) is 0 Å². The van der Waals surface area contributed by atoms with E-state index in [0.29, 0.717) is 0 Å². The molecule has 0 heterocycles. The molecule has 0 saturated carbocycles. The van der Waals surface area contributed by atoms with Gasteiger partial charge < -0.3 is 10.2 Å². The van der Waals surface area contributed by atoms with Crippen LogP contribution in [0.4, 0.5) is 0 Å². The summed E-state index contributed by atoms with van der Waals surface area (Å²) in [6, 6.07) is 0. The van der Waals surface area contributed by atoms with E-state index in [4.69, 9.17) is 56.6 Å². The molecule has 0 fully saturated rings. The second kappa shape index (κ2) is 3.85. The van der Waals surface area contributed by atoms with E-state index >= 15 is 0 Å². The van der Waals surface area contributed by atoms with Gasteiger partial charge in [-0.25, -0.2) is 0 Å². The smallest absolute Gasteiger partial charge is 0.292 e. The Hall–Kier alpha value is 1.61. The average molecular weight is 230 g/mol. The zero-order valence-corrected chi connectivity index (χ0v) is 6.43. The highest BCUT2D eigenvalue weighted by Crippen LogP contribution is 2.38. The van der Waals surface area contributed by atoms with Crippen molar-refractivity contribution in [1.82, 2.24) is 0 Å².